The molecule has 2 aliphatic heterocycles. The van der Waals surface area contributed by atoms with Crippen molar-refractivity contribution in [3.05, 3.63) is 70.4 Å². The zero-order chi connectivity index (χ0) is 19.1. The van der Waals surface area contributed by atoms with Crippen molar-refractivity contribution in [2.75, 3.05) is 25.6 Å². The fourth-order valence-corrected chi connectivity index (χ4v) is 3.57. The molecule has 0 spiro atoms. The van der Waals surface area contributed by atoms with Gasteiger partial charge in [0.1, 0.15) is 5.75 Å². The fourth-order valence-electron chi connectivity index (χ4n) is 3.44. The fraction of sp³-hybridized carbons (Fsp3) is 0.200. The van der Waals surface area contributed by atoms with Crippen LogP contribution in [0.1, 0.15) is 11.6 Å². The topological polar surface area (TPSA) is 61.9 Å². The van der Waals surface area contributed by atoms with Crippen LogP contribution in [0, 0.1) is 0 Å². The first-order valence-electron chi connectivity index (χ1n) is 8.48. The molecule has 0 saturated carbocycles. The second-order valence-electron chi connectivity index (χ2n) is 6.44. The Balaban J connectivity index is 1.72. The lowest BCUT2D eigenvalue weighted by Crippen LogP contribution is -2.45. The molecule has 2 heterocycles. The Morgan fingerprint density at radius 3 is 2.37 bits per heavy atom. The van der Waals surface area contributed by atoms with Crippen LogP contribution in [0.15, 0.2) is 59.8 Å². The summed E-state index contributed by atoms with van der Waals surface area (Å²) in [6, 6.07) is 13.7. The van der Waals surface area contributed by atoms with Crippen molar-refractivity contribution in [1.29, 1.82) is 0 Å². The third kappa shape index (κ3) is 2.92. The highest BCUT2D eigenvalue weighted by atomic mass is 35.5. The summed E-state index contributed by atoms with van der Waals surface area (Å²) in [4.78, 5) is 28.8. The van der Waals surface area contributed by atoms with E-state index in [9.17, 15) is 9.59 Å². The number of methoxy groups -OCH3 is 1. The first kappa shape index (κ1) is 17.4. The Morgan fingerprint density at radius 1 is 1.07 bits per heavy atom. The van der Waals surface area contributed by atoms with E-state index in [1.54, 1.807) is 31.2 Å². The summed E-state index contributed by atoms with van der Waals surface area (Å²) in [5.74, 6) is 0.595. The molecule has 4 rings (SSSR count). The van der Waals surface area contributed by atoms with Gasteiger partial charge in [-0.1, -0.05) is 23.7 Å². The maximum absolute atomic E-state index is 13.2. The Labute approximate surface area is 162 Å². The third-order valence-electron chi connectivity index (χ3n) is 4.95. The van der Waals surface area contributed by atoms with E-state index in [2.05, 4.69) is 5.32 Å². The molecule has 0 radical (unpaired) electrons. The van der Waals surface area contributed by atoms with Crippen LogP contribution in [0.4, 0.5) is 10.5 Å². The first-order chi connectivity index (χ1) is 13.0. The SMILES string of the molecule is COc1ccc(N2CC3=C(C2=O)[C@@H](c2ccc(Cl)cc2)NC(=O)N3C)cc1. The van der Waals surface area contributed by atoms with Crippen molar-refractivity contribution < 1.29 is 14.3 Å². The van der Waals surface area contributed by atoms with Gasteiger partial charge in [-0.3, -0.25) is 9.69 Å². The zero-order valence-electron chi connectivity index (χ0n) is 14.9. The molecule has 0 bridgehead atoms. The van der Waals surface area contributed by atoms with Gasteiger partial charge < -0.3 is 15.0 Å². The van der Waals surface area contributed by atoms with E-state index in [1.165, 1.54) is 4.90 Å². The van der Waals surface area contributed by atoms with E-state index < -0.39 is 6.04 Å². The number of amides is 3. The van der Waals surface area contributed by atoms with Crippen LogP contribution in [0.2, 0.25) is 5.02 Å². The molecule has 2 aliphatic rings. The average Bonchev–Trinajstić information content (AvgIpc) is 3.03. The van der Waals surface area contributed by atoms with E-state index in [4.69, 9.17) is 16.3 Å². The van der Waals surface area contributed by atoms with Crippen molar-refractivity contribution in [1.82, 2.24) is 10.2 Å². The normalized spacial score (nSPS) is 19.3. The number of halogens is 1. The second kappa shape index (κ2) is 6.63. The maximum Gasteiger partial charge on any atom is 0.322 e. The van der Waals surface area contributed by atoms with Crippen molar-refractivity contribution in [2.45, 2.75) is 6.04 Å². The van der Waals surface area contributed by atoms with Crippen LogP contribution in [0.25, 0.3) is 0 Å². The van der Waals surface area contributed by atoms with Gasteiger partial charge in [-0.25, -0.2) is 4.79 Å². The highest BCUT2D eigenvalue weighted by molar-refractivity contribution is 6.30. The monoisotopic (exact) mass is 383 g/mol. The minimum Gasteiger partial charge on any atom is -0.497 e. The Bertz CT molecular complexity index is 938. The van der Waals surface area contributed by atoms with Crippen molar-refractivity contribution >= 4 is 29.2 Å². The number of nitrogens with one attached hydrogen (secondary N) is 1. The molecule has 6 nitrogen and oxygen atoms in total. The molecular weight excluding hydrogens is 366 g/mol. The molecule has 2 aromatic carbocycles. The van der Waals surface area contributed by atoms with Gasteiger partial charge >= 0.3 is 6.03 Å². The van der Waals surface area contributed by atoms with Crippen molar-refractivity contribution in [2.24, 2.45) is 0 Å². The molecule has 0 aromatic heterocycles. The van der Waals surface area contributed by atoms with Crippen molar-refractivity contribution in [3.63, 3.8) is 0 Å². The largest absolute Gasteiger partial charge is 0.497 e. The quantitative estimate of drug-likeness (QED) is 0.884. The summed E-state index contributed by atoms with van der Waals surface area (Å²) in [7, 11) is 3.27. The number of nitrogens with zero attached hydrogens (tertiary/aromatic N) is 2. The van der Waals surface area contributed by atoms with E-state index in [-0.39, 0.29) is 11.9 Å². The highest BCUT2D eigenvalue weighted by Crippen LogP contribution is 2.38. The molecule has 1 N–H and O–H groups in total. The number of urea groups is 1. The molecule has 7 heteroatoms. The minimum absolute atomic E-state index is 0.123. The van der Waals surface area contributed by atoms with Crippen LogP contribution in [-0.2, 0) is 4.79 Å². The zero-order valence-corrected chi connectivity index (χ0v) is 15.7. The molecule has 0 fully saturated rings. The standard InChI is InChI=1S/C20H18ClN3O3/c1-23-16-11-24(14-7-9-15(27-2)10-8-14)19(25)17(16)18(22-20(23)26)12-3-5-13(21)6-4-12/h3-10,18H,11H2,1-2H3,(H,22,26)/t18-/m1/s1. The molecule has 27 heavy (non-hydrogen) atoms. The smallest absolute Gasteiger partial charge is 0.322 e. The summed E-state index contributed by atoms with van der Waals surface area (Å²) in [6.07, 6.45) is 0. The van der Waals surface area contributed by atoms with Gasteiger partial charge in [-0.05, 0) is 42.0 Å². The van der Waals surface area contributed by atoms with Crippen LogP contribution >= 0.6 is 11.6 Å². The summed E-state index contributed by atoms with van der Waals surface area (Å²) in [5, 5.41) is 3.51. The molecule has 3 amide bonds. The number of hydrogen-bond donors (Lipinski definition) is 1. The van der Waals surface area contributed by atoms with Crippen molar-refractivity contribution in [3.8, 4) is 5.75 Å². The number of benzene rings is 2. The highest BCUT2D eigenvalue weighted by Gasteiger charge is 2.43. The number of rotatable bonds is 3. The number of carbonyl (C=O) groups is 2. The number of anilines is 1. The van der Waals surface area contributed by atoms with Gasteiger partial charge in [0, 0.05) is 17.8 Å². The predicted octanol–water partition coefficient (Wildman–Crippen LogP) is 3.35. The third-order valence-corrected chi connectivity index (χ3v) is 5.20. The van der Waals surface area contributed by atoms with Gasteiger partial charge in [0.05, 0.1) is 31.0 Å². The summed E-state index contributed by atoms with van der Waals surface area (Å²) < 4.78 is 5.18. The molecule has 0 saturated heterocycles. The average molecular weight is 384 g/mol. The molecule has 138 valence electrons. The molecule has 0 unspecified atom stereocenters. The van der Waals surface area contributed by atoms with E-state index >= 15 is 0 Å². The summed E-state index contributed by atoms with van der Waals surface area (Å²) in [6.45, 7) is 0.342. The van der Waals surface area contributed by atoms with Gasteiger partial charge in [-0.2, -0.15) is 0 Å². The van der Waals surface area contributed by atoms with Crippen LogP contribution < -0.4 is 15.0 Å². The molecular formula is C20H18ClN3O3. The molecule has 0 aliphatic carbocycles. The minimum atomic E-state index is -0.503. The predicted molar refractivity (Wildman–Crippen MR) is 103 cm³/mol. The van der Waals surface area contributed by atoms with Crippen LogP contribution in [-0.4, -0.2) is 37.5 Å². The van der Waals surface area contributed by atoms with Crippen LogP contribution in [0.5, 0.6) is 5.75 Å². The van der Waals surface area contributed by atoms with E-state index in [1.807, 2.05) is 36.4 Å². The molecule has 2 aromatic rings. The Hall–Kier alpha value is -2.99. The number of carbonyl (C=O) groups excluding carboxylic acids is 2. The number of ether oxygens (including phenoxy) is 1. The lowest BCUT2D eigenvalue weighted by molar-refractivity contribution is -0.114. The van der Waals surface area contributed by atoms with Gasteiger partial charge in [0.25, 0.3) is 5.91 Å². The van der Waals surface area contributed by atoms with Gasteiger partial charge in [0.15, 0.2) is 0 Å². The van der Waals surface area contributed by atoms with Gasteiger partial charge in [0.2, 0.25) is 0 Å². The first-order valence-corrected chi connectivity index (χ1v) is 8.86. The van der Waals surface area contributed by atoms with Gasteiger partial charge in [-0.15, -0.1) is 0 Å². The summed E-state index contributed by atoms with van der Waals surface area (Å²) in [5.41, 5.74) is 2.86. The van der Waals surface area contributed by atoms with Crippen LogP contribution in [0.3, 0.4) is 0 Å². The summed E-state index contributed by atoms with van der Waals surface area (Å²) >= 11 is 5.98. The van der Waals surface area contributed by atoms with E-state index in [0.29, 0.717) is 22.8 Å². The number of likely N-dealkylation sites (N-methyl/N-ethyl adjacent to an activating group) is 1. The second-order valence-corrected chi connectivity index (χ2v) is 6.88. The Kier molecular flexibility index (Phi) is 4.28. The van der Waals surface area contributed by atoms with E-state index in [0.717, 1.165) is 17.0 Å². The molecule has 1 atom stereocenters. The Morgan fingerprint density at radius 2 is 1.74 bits per heavy atom. The maximum atomic E-state index is 13.2. The lowest BCUT2D eigenvalue weighted by atomic mass is 9.96. The lowest BCUT2D eigenvalue weighted by Gasteiger charge is -2.31. The number of hydrogen-bond acceptors (Lipinski definition) is 3.